The summed E-state index contributed by atoms with van der Waals surface area (Å²) in [5.74, 6) is 0.682. The zero-order valence-corrected chi connectivity index (χ0v) is 33.2. The zero-order chi connectivity index (χ0) is 40.5. The topological polar surface area (TPSA) is 43.1 Å². The van der Waals surface area contributed by atoms with E-state index >= 15 is 0 Å². The molecule has 0 N–H and O–H groups in total. The molecule has 0 aliphatic carbocycles. The number of hydrogen-bond donors (Lipinski definition) is 0. The maximum Gasteiger partial charge on any atom is 0.160 e. The molecule has 3 aromatic heterocycles. The lowest BCUT2D eigenvalue weighted by Crippen LogP contribution is -1.96. The standard InChI is InChI=1S/C57H38N4/c1-6-17-39(18-7-1)46-27-16-28-49(35-46)52-38-51(41-19-8-2-9-20-41)58-57(59-52)45-31-29-40(30-32-45)47-33-34-48-37-53(42-21-10-3-11-22-42)61-56(50(48)36-47)54(43-23-12-4-13-24-43)55(60-61)44-25-14-5-15-26-44/h1-38H. The Morgan fingerprint density at radius 3 is 1.44 bits per heavy atom. The van der Waals surface area contributed by atoms with Crippen molar-refractivity contribution in [3.8, 4) is 89.8 Å². The van der Waals surface area contributed by atoms with E-state index in [1.165, 1.54) is 5.56 Å². The second kappa shape index (κ2) is 15.5. The molecule has 0 spiro atoms. The Hall–Kier alpha value is -8.21. The van der Waals surface area contributed by atoms with Crippen LogP contribution in [0.15, 0.2) is 231 Å². The Labute approximate surface area is 354 Å². The van der Waals surface area contributed by atoms with E-state index in [1.807, 2.05) is 12.1 Å². The van der Waals surface area contributed by atoms with Gasteiger partial charge in [0, 0.05) is 38.8 Å². The molecule has 0 aliphatic heterocycles. The van der Waals surface area contributed by atoms with Crippen molar-refractivity contribution in [3.63, 3.8) is 0 Å². The minimum Gasteiger partial charge on any atom is -0.231 e. The highest BCUT2D eigenvalue weighted by Crippen LogP contribution is 2.42. The Balaban J connectivity index is 1.05. The van der Waals surface area contributed by atoms with Gasteiger partial charge in [0.2, 0.25) is 0 Å². The van der Waals surface area contributed by atoms with Gasteiger partial charge in [-0.3, -0.25) is 0 Å². The SMILES string of the molecule is c1ccc(-c2cccc(-c3cc(-c4ccccc4)nc(-c4ccc(-c5ccc6cc(-c7ccccc7)n7nc(-c8ccccc8)c(-c8ccccc8)c7c6c5)cc4)n3)c2)cc1. The first-order valence-corrected chi connectivity index (χ1v) is 20.6. The molecule has 0 fully saturated rings. The van der Waals surface area contributed by atoms with Crippen molar-refractivity contribution in [1.29, 1.82) is 0 Å². The van der Waals surface area contributed by atoms with E-state index in [9.17, 15) is 0 Å². The fraction of sp³-hybridized carbons (Fsp3) is 0. The van der Waals surface area contributed by atoms with Gasteiger partial charge in [0.25, 0.3) is 0 Å². The summed E-state index contributed by atoms with van der Waals surface area (Å²) < 4.78 is 2.15. The molecule has 11 rings (SSSR count). The molecule has 0 saturated heterocycles. The molecule has 0 amide bonds. The quantitative estimate of drug-likeness (QED) is 0.154. The maximum atomic E-state index is 5.41. The molecule has 0 atom stereocenters. The number of hydrogen-bond acceptors (Lipinski definition) is 3. The van der Waals surface area contributed by atoms with Gasteiger partial charge in [-0.25, -0.2) is 14.5 Å². The molecule has 3 heterocycles. The molecule has 61 heavy (non-hydrogen) atoms. The molecular formula is C57H38N4. The Kier molecular flexibility index (Phi) is 9.14. The van der Waals surface area contributed by atoms with Gasteiger partial charge in [0.15, 0.2) is 5.82 Å². The van der Waals surface area contributed by atoms with Crippen molar-refractivity contribution in [2.45, 2.75) is 0 Å². The highest BCUT2D eigenvalue weighted by atomic mass is 15.2. The maximum absolute atomic E-state index is 5.41. The number of rotatable bonds is 8. The predicted octanol–water partition coefficient (Wildman–Crippen LogP) is 14.6. The van der Waals surface area contributed by atoms with Gasteiger partial charge in [-0.1, -0.05) is 206 Å². The number of pyridine rings is 1. The van der Waals surface area contributed by atoms with Gasteiger partial charge >= 0.3 is 0 Å². The molecule has 4 nitrogen and oxygen atoms in total. The van der Waals surface area contributed by atoms with Gasteiger partial charge in [-0.05, 0) is 57.5 Å². The third-order valence-corrected chi connectivity index (χ3v) is 11.4. The highest BCUT2D eigenvalue weighted by Gasteiger charge is 2.22. The van der Waals surface area contributed by atoms with Crippen LogP contribution in [0.5, 0.6) is 0 Å². The number of nitrogens with zero attached hydrogens (tertiary/aromatic N) is 4. The van der Waals surface area contributed by atoms with Crippen LogP contribution in [0.1, 0.15) is 0 Å². The molecule has 286 valence electrons. The third-order valence-electron chi connectivity index (χ3n) is 11.4. The van der Waals surface area contributed by atoms with Crippen LogP contribution in [0.25, 0.3) is 106 Å². The summed E-state index contributed by atoms with van der Waals surface area (Å²) in [5.41, 5.74) is 16.9. The first-order chi connectivity index (χ1) is 30.2. The Bertz CT molecular complexity index is 3310. The van der Waals surface area contributed by atoms with Crippen molar-refractivity contribution in [2.24, 2.45) is 0 Å². The minimum atomic E-state index is 0.682. The Morgan fingerprint density at radius 2 is 0.787 bits per heavy atom. The number of aromatic nitrogens is 4. The van der Waals surface area contributed by atoms with Gasteiger partial charge in [0.1, 0.15) is 5.69 Å². The van der Waals surface area contributed by atoms with E-state index in [4.69, 9.17) is 15.1 Å². The van der Waals surface area contributed by atoms with Gasteiger partial charge in [0.05, 0.1) is 22.6 Å². The first kappa shape index (κ1) is 35.9. The lowest BCUT2D eigenvalue weighted by molar-refractivity contribution is 0.979. The molecular weight excluding hydrogens is 741 g/mol. The third kappa shape index (κ3) is 6.86. The molecule has 0 aliphatic rings. The number of fused-ring (bicyclic) bond motifs is 3. The lowest BCUT2D eigenvalue weighted by Gasteiger charge is -2.13. The van der Waals surface area contributed by atoms with E-state index in [-0.39, 0.29) is 0 Å². The van der Waals surface area contributed by atoms with Crippen molar-refractivity contribution >= 4 is 16.3 Å². The molecule has 0 radical (unpaired) electrons. The largest absolute Gasteiger partial charge is 0.231 e. The van der Waals surface area contributed by atoms with Crippen LogP contribution in [-0.4, -0.2) is 19.6 Å². The van der Waals surface area contributed by atoms with E-state index in [1.54, 1.807) is 0 Å². The van der Waals surface area contributed by atoms with Crippen LogP contribution in [0.2, 0.25) is 0 Å². The Morgan fingerprint density at radius 1 is 0.311 bits per heavy atom. The zero-order valence-electron chi connectivity index (χ0n) is 33.2. The summed E-state index contributed by atoms with van der Waals surface area (Å²) in [7, 11) is 0. The molecule has 0 bridgehead atoms. The summed E-state index contributed by atoms with van der Waals surface area (Å²) in [6.45, 7) is 0. The van der Waals surface area contributed by atoms with E-state index in [0.29, 0.717) is 5.82 Å². The van der Waals surface area contributed by atoms with Crippen LogP contribution in [0.3, 0.4) is 0 Å². The van der Waals surface area contributed by atoms with Crippen LogP contribution in [0.4, 0.5) is 0 Å². The van der Waals surface area contributed by atoms with E-state index < -0.39 is 0 Å². The van der Waals surface area contributed by atoms with Crippen LogP contribution in [0, 0.1) is 0 Å². The molecule has 4 heteroatoms. The lowest BCUT2D eigenvalue weighted by atomic mass is 9.95. The molecule has 0 unspecified atom stereocenters. The molecule has 8 aromatic carbocycles. The van der Waals surface area contributed by atoms with Gasteiger partial charge < -0.3 is 0 Å². The fourth-order valence-electron chi connectivity index (χ4n) is 8.39. The second-order valence-corrected chi connectivity index (χ2v) is 15.3. The summed E-state index contributed by atoms with van der Waals surface area (Å²) in [4.78, 5) is 10.3. The van der Waals surface area contributed by atoms with E-state index in [2.05, 4.69) is 223 Å². The van der Waals surface area contributed by atoms with Crippen molar-refractivity contribution in [3.05, 3.63) is 231 Å². The van der Waals surface area contributed by atoms with Crippen molar-refractivity contribution in [1.82, 2.24) is 19.6 Å². The summed E-state index contributed by atoms with van der Waals surface area (Å²) in [6.07, 6.45) is 0. The molecule has 11 aromatic rings. The average Bonchev–Trinajstić information content (AvgIpc) is 3.76. The van der Waals surface area contributed by atoms with Crippen molar-refractivity contribution in [2.75, 3.05) is 0 Å². The minimum absolute atomic E-state index is 0.682. The smallest absolute Gasteiger partial charge is 0.160 e. The summed E-state index contributed by atoms with van der Waals surface area (Å²) in [5, 5.41) is 7.70. The van der Waals surface area contributed by atoms with E-state index in [0.717, 1.165) is 94.7 Å². The fourth-order valence-corrected chi connectivity index (χ4v) is 8.39. The van der Waals surface area contributed by atoms with Crippen LogP contribution >= 0.6 is 0 Å². The van der Waals surface area contributed by atoms with Gasteiger partial charge in [-0.15, -0.1) is 0 Å². The monoisotopic (exact) mass is 778 g/mol. The van der Waals surface area contributed by atoms with Crippen molar-refractivity contribution < 1.29 is 0 Å². The predicted molar refractivity (Wildman–Crippen MR) is 252 cm³/mol. The average molecular weight is 779 g/mol. The molecule has 0 saturated carbocycles. The highest BCUT2D eigenvalue weighted by molar-refractivity contribution is 6.09. The summed E-state index contributed by atoms with van der Waals surface area (Å²) >= 11 is 0. The van der Waals surface area contributed by atoms with Crippen LogP contribution < -0.4 is 0 Å². The normalized spacial score (nSPS) is 11.3. The summed E-state index contributed by atoms with van der Waals surface area (Å²) in [6, 6.07) is 81.0. The number of benzene rings is 8. The van der Waals surface area contributed by atoms with Crippen LogP contribution in [-0.2, 0) is 0 Å². The first-order valence-electron chi connectivity index (χ1n) is 20.6. The van der Waals surface area contributed by atoms with Gasteiger partial charge in [-0.2, -0.15) is 5.10 Å². The second-order valence-electron chi connectivity index (χ2n) is 15.3.